The number of nitrogens with one attached hydrogen (secondary N) is 1. The first-order valence-electron chi connectivity index (χ1n) is 6.79. The molecule has 0 spiro atoms. The van der Waals surface area contributed by atoms with Gasteiger partial charge in [-0.05, 0) is 35.9 Å². The monoisotopic (exact) mass is 319 g/mol. The van der Waals surface area contributed by atoms with Crippen LogP contribution in [0.25, 0.3) is 0 Å². The molecule has 1 aliphatic heterocycles. The van der Waals surface area contributed by atoms with Gasteiger partial charge in [-0.3, -0.25) is 0 Å². The molecule has 6 heteroatoms. The number of hydrogen-bond donors (Lipinski definition) is 2. The van der Waals surface area contributed by atoms with E-state index in [0.717, 1.165) is 17.1 Å². The van der Waals surface area contributed by atoms with E-state index in [1.165, 1.54) is 12.1 Å². The van der Waals surface area contributed by atoms with Gasteiger partial charge >= 0.3 is 5.97 Å². The maximum Gasteiger partial charge on any atom is 0.335 e. The molecule has 2 aromatic carbocycles. The van der Waals surface area contributed by atoms with Gasteiger partial charge in [-0.25, -0.2) is 4.79 Å². The fourth-order valence-corrected chi connectivity index (χ4v) is 2.37. The third kappa shape index (κ3) is 3.09. The van der Waals surface area contributed by atoms with Crippen LogP contribution in [-0.4, -0.2) is 24.3 Å². The summed E-state index contributed by atoms with van der Waals surface area (Å²) in [5, 5.41) is 12.6. The molecule has 2 N–H and O–H groups in total. The second-order valence-corrected chi connectivity index (χ2v) is 5.24. The first kappa shape index (κ1) is 14.5. The lowest BCUT2D eigenvalue weighted by Crippen LogP contribution is -2.15. The molecule has 0 saturated heterocycles. The Morgan fingerprint density at radius 1 is 1.14 bits per heavy atom. The average Bonchev–Trinajstić information content (AvgIpc) is 2.53. The molecule has 0 aromatic heterocycles. The number of carbonyl (C=O) groups is 1. The summed E-state index contributed by atoms with van der Waals surface area (Å²) in [7, 11) is 0. The normalized spacial score (nSPS) is 12.8. The molecule has 1 heterocycles. The Labute approximate surface area is 132 Å². The van der Waals surface area contributed by atoms with Gasteiger partial charge in [0, 0.05) is 6.54 Å². The molecule has 0 radical (unpaired) electrons. The van der Waals surface area contributed by atoms with Gasteiger partial charge in [0.15, 0.2) is 11.5 Å². The molecule has 22 heavy (non-hydrogen) atoms. The molecule has 0 atom stereocenters. The van der Waals surface area contributed by atoms with Crippen LogP contribution in [0.2, 0.25) is 5.02 Å². The molecular weight excluding hydrogens is 306 g/mol. The van der Waals surface area contributed by atoms with Crippen molar-refractivity contribution in [1.29, 1.82) is 0 Å². The highest BCUT2D eigenvalue weighted by atomic mass is 35.5. The Morgan fingerprint density at radius 2 is 1.91 bits per heavy atom. The van der Waals surface area contributed by atoms with Crippen LogP contribution in [0, 0.1) is 0 Å². The Kier molecular flexibility index (Phi) is 4.06. The summed E-state index contributed by atoms with van der Waals surface area (Å²) in [6.45, 7) is 1.60. The van der Waals surface area contributed by atoms with Crippen molar-refractivity contribution in [2.75, 3.05) is 18.5 Å². The van der Waals surface area contributed by atoms with Gasteiger partial charge in [-0.15, -0.1) is 0 Å². The molecule has 2 aromatic rings. The number of ether oxygens (including phenoxy) is 2. The Hall–Kier alpha value is -2.40. The van der Waals surface area contributed by atoms with Gasteiger partial charge in [0.25, 0.3) is 0 Å². The molecular formula is C16H14ClNO4. The number of carboxylic acid groups (broad SMARTS) is 1. The van der Waals surface area contributed by atoms with E-state index in [2.05, 4.69) is 5.32 Å². The topological polar surface area (TPSA) is 67.8 Å². The number of aromatic carboxylic acids is 1. The predicted molar refractivity (Wildman–Crippen MR) is 83.2 cm³/mol. The third-order valence-electron chi connectivity index (χ3n) is 3.30. The first-order valence-corrected chi connectivity index (χ1v) is 7.16. The van der Waals surface area contributed by atoms with E-state index in [4.69, 9.17) is 26.2 Å². The summed E-state index contributed by atoms with van der Waals surface area (Å²) in [6.07, 6.45) is 0. The van der Waals surface area contributed by atoms with Crippen molar-refractivity contribution in [3.8, 4) is 11.5 Å². The number of halogens is 1. The predicted octanol–water partition coefficient (Wildman–Crippen LogP) is 3.42. The van der Waals surface area contributed by atoms with Crippen molar-refractivity contribution in [3.63, 3.8) is 0 Å². The minimum Gasteiger partial charge on any atom is -0.486 e. The molecule has 0 fully saturated rings. The minimum atomic E-state index is -0.987. The summed E-state index contributed by atoms with van der Waals surface area (Å²) in [4.78, 5) is 11.0. The van der Waals surface area contributed by atoms with E-state index in [1.54, 1.807) is 6.07 Å². The van der Waals surface area contributed by atoms with E-state index in [0.29, 0.717) is 30.5 Å². The van der Waals surface area contributed by atoms with Crippen LogP contribution in [0.15, 0.2) is 36.4 Å². The Balaban J connectivity index is 1.75. The molecule has 114 valence electrons. The third-order valence-corrected chi connectivity index (χ3v) is 3.63. The zero-order chi connectivity index (χ0) is 15.5. The van der Waals surface area contributed by atoms with Gasteiger partial charge < -0.3 is 19.9 Å². The zero-order valence-electron chi connectivity index (χ0n) is 11.6. The van der Waals surface area contributed by atoms with Crippen molar-refractivity contribution < 1.29 is 19.4 Å². The number of fused-ring (bicyclic) bond motifs is 1. The largest absolute Gasteiger partial charge is 0.486 e. The maximum atomic E-state index is 11.0. The maximum absolute atomic E-state index is 11.0. The molecule has 5 nitrogen and oxygen atoms in total. The highest BCUT2D eigenvalue weighted by Gasteiger charge is 2.12. The molecule has 0 saturated carbocycles. The van der Waals surface area contributed by atoms with Crippen LogP contribution in [0.3, 0.4) is 0 Å². The average molecular weight is 320 g/mol. The smallest absolute Gasteiger partial charge is 0.335 e. The van der Waals surface area contributed by atoms with Crippen molar-refractivity contribution in [1.82, 2.24) is 0 Å². The summed E-state index contributed by atoms with van der Waals surface area (Å²) >= 11 is 6.08. The number of hydrogen-bond acceptors (Lipinski definition) is 4. The van der Waals surface area contributed by atoms with Gasteiger partial charge in [-0.2, -0.15) is 0 Å². The quantitative estimate of drug-likeness (QED) is 0.903. The Bertz CT molecular complexity index is 717. The van der Waals surface area contributed by atoms with Crippen LogP contribution >= 0.6 is 11.6 Å². The van der Waals surface area contributed by atoms with Crippen molar-refractivity contribution in [3.05, 3.63) is 52.5 Å². The number of rotatable bonds is 4. The number of anilines is 1. The summed E-state index contributed by atoms with van der Waals surface area (Å²) in [5.41, 5.74) is 1.76. The standard InChI is InChI=1S/C16H14ClNO4/c17-12-3-2-11(16(19)20)8-13(12)18-9-10-1-4-14-15(7-10)22-6-5-21-14/h1-4,7-8,18H,5-6,9H2,(H,19,20). The fourth-order valence-electron chi connectivity index (χ4n) is 2.19. The van der Waals surface area contributed by atoms with Crippen LogP contribution in [0.1, 0.15) is 15.9 Å². The summed E-state index contributed by atoms with van der Waals surface area (Å²) in [6, 6.07) is 10.2. The summed E-state index contributed by atoms with van der Waals surface area (Å²) < 4.78 is 11.0. The lowest BCUT2D eigenvalue weighted by Gasteiger charge is -2.19. The van der Waals surface area contributed by atoms with Crippen LogP contribution in [0.4, 0.5) is 5.69 Å². The minimum absolute atomic E-state index is 0.189. The van der Waals surface area contributed by atoms with E-state index in [9.17, 15) is 4.79 Å². The number of carboxylic acids is 1. The van der Waals surface area contributed by atoms with E-state index >= 15 is 0 Å². The first-order chi connectivity index (χ1) is 10.6. The fraction of sp³-hybridized carbons (Fsp3) is 0.188. The van der Waals surface area contributed by atoms with Crippen LogP contribution in [-0.2, 0) is 6.54 Å². The van der Waals surface area contributed by atoms with Gasteiger partial charge in [0.05, 0.1) is 16.3 Å². The van der Waals surface area contributed by atoms with Gasteiger partial charge in [-0.1, -0.05) is 17.7 Å². The molecule has 0 amide bonds. The van der Waals surface area contributed by atoms with E-state index < -0.39 is 5.97 Å². The number of benzene rings is 2. The molecule has 0 bridgehead atoms. The van der Waals surface area contributed by atoms with Crippen LogP contribution in [0.5, 0.6) is 11.5 Å². The molecule has 1 aliphatic rings. The zero-order valence-corrected chi connectivity index (χ0v) is 12.4. The second kappa shape index (κ2) is 6.15. The molecule has 0 unspecified atom stereocenters. The Morgan fingerprint density at radius 3 is 2.68 bits per heavy atom. The second-order valence-electron chi connectivity index (χ2n) is 4.83. The van der Waals surface area contributed by atoms with Crippen molar-refractivity contribution in [2.24, 2.45) is 0 Å². The lowest BCUT2D eigenvalue weighted by atomic mass is 10.1. The lowest BCUT2D eigenvalue weighted by molar-refractivity contribution is 0.0697. The summed E-state index contributed by atoms with van der Waals surface area (Å²) in [5.74, 6) is 0.468. The SMILES string of the molecule is O=C(O)c1ccc(Cl)c(NCc2ccc3c(c2)OCCO3)c1. The van der Waals surface area contributed by atoms with Gasteiger partial charge in [0.1, 0.15) is 13.2 Å². The van der Waals surface area contributed by atoms with Gasteiger partial charge in [0.2, 0.25) is 0 Å². The molecule has 0 aliphatic carbocycles. The molecule has 3 rings (SSSR count). The van der Waals surface area contributed by atoms with Crippen molar-refractivity contribution >= 4 is 23.3 Å². The van der Waals surface area contributed by atoms with Crippen LogP contribution < -0.4 is 14.8 Å². The van der Waals surface area contributed by atoms with Crippen molar-refractivity contribution in [2.45, 2.75) is 6.54 Å². The highest BCUT2D eigenvalue weighted by Crippen LogP contribution is 2.31. The van der Waals surface area contributed by atoms with E-state index in [-0.39, 0.29) is 5.56 Å². The highest BCUT2D eigenvalue weighted by molar-refractivity contribution is 6.33. The van der Waals surface area contributed by atoms with E-state index in [1.807, 2.05) is 18.2 Å².